The van der Waals surface area contributed by atoms with Gasteiger partial charge in [-0.2, -0.15) is 5.10 Å². The molecule has 1 N–H and O–H groups in total. The van der Waals surface area contributed by atoms with Crippen LogP contribution in [0.1, 0.15) is 27.3 Å². The summed E-state index contributed by atoms with van der Waals surface area (Å²) >= 11 is 0. The Kier molecular flexibility index (Phi) is 4.57. The number of rotatable bonds is 4. The molecule has 25 heavy (non-hydrogen) atoms. The van der Waals surface area contributed by atoms with Crippen LogP contribution in [0.3, 0.4) is 0 Å². The summed E-state index contributed by atoms with van der Waals surface area (Å²) in [6.07, 6.45) is 0. The number of nitrogens with zero attached hydrogens (tertiary/aromatic N) is 2. The summed E-state index contributed by atoms with van der Waals surface area (Å²) in [5.41, 5.74) is 4.03. The number of hydrogen-bond acceptors (Lipinski definition) is 3. The number of benzene rings is 2. The molecular formula is C20H21N3O2. The summed E-state index contributed by atoms with van der Waals surface area (Å²) in [6, 6.07) is 15.2. The van der Waals surface area contributed by atoms with Crippen LogP contribution in [0, 0.1) is 20.8 Å². The van der Waals surface area contributed by atoms with Crippen LogP contribution < -0.4 is 10.1 Å². The topological polar surface area (TPSA) is 56.1 Å². The minimum Gasteiger partial charge on any atom is -0.457 e. The van der Waals surface area contributed by atoms with E-state index in [1.54, 1.807) is 4.68 Å². The molecule has 0 saturated heterocycles. The molecule has 0 fully saturated rings. The molecule has 0 spiro atoms. The van der Waals surface area contributed by atoms with Gasteiger partial charge < -0.3 is 10.1 Å². The van der Waals surface area contributed by atoms with Crippen molar-refractivity contribution in [3.05, 3.63) is 71.0 Å². The van der Waals surface area contributed by atoms with Crippen molar-refractivity contribution in [1.82, 2.24) is 9.78 Å². The highest BCUT2D eigenvalue weighted by molar-refractivity contribution is 6.05. The van der Waals surface area contributed by atoms with Gasteiger partial charge in [0.05, 0.1) is 11.3 Å². The van der Waals surface area contributed by atoms with E-state index in [0.717, 1.165) is 28.5 Å². The first-order chi connectivity index (χ1) is 11.9. The van der Waals surface area contributed by atoms with E-state index in [9.17, 15) is 4.79 Å². The Morgan fingerprint density at radius 3 is 2.36 bits per heavy atom. The second kappa shape index (κ2) is 6.81. The number of hydrogen-bond donors (Lipinski definition) is 1. The summed E-state index contributed by atoms with van der Waals surface area (Å²) in [6.45, 7) is 5.74. The molecule has 0 unspecified atom stereocenters. The first-order valence-electron chi connectivity index (χ1n) is 8.10. The van der Waals surface area contributed by atoms with E-state index in [-0.39, 0.29) is 5.91 Å². The van der Waals surface area contributed by atoms with Crippen molar-refractivity contribution in [2.75, 3.05) is 5.32 Å². The molecule has 0 aliphatic rings. The quantitative estimate of drug-likeness (QED) is 0.769. The van der Waals surface area contributed by atoms with Gasteiger partial charge in [0.15, 0.2) is 0 Å². The van der Waals surface area contributed by atoms with Gasteiger partial charge in [-0.15, -0.1) is 0 Å². The normalized spacial score (nSPS) is 10.6. The lowest BCUT2D eigenvalue weighted by molar-refractivity contribution is 0.102. The lowest BCUT2D eigenvalue weighted by atomic mass is 10.2. The Labute approximate surface area is 147 Å². The predicted octanol–water partition coefficient (Wildman–Crippen LogP) is 4.39. The lowest BCUT2D eigenvalue weighted by Crippen LogP contribution is -2.14. The second-order valence-electron chi connectivity index (χ2n) is 6.07. The fourth-order valence-electron chi connectivity index (χ4n) is 2.72. The first-order valence-corrected chi connectivity index (χ1v) is 8.10. The van der Waals surface area contributed by atoms with Crippen LogP contribution >= 0.6 is 0 Å². The van der Waals surface area contributed by atoms with Crippen LogP contribution in [0.2, 0.25) is 0 Å². The minimum absolute atomic E-state index is 0.157. The SMILES string of the molecule is Cc1cccc(Oc2ccc(NC(=O)c3c(C)nn(C)c3C)cc2)c1. The molecular weight excluding hydrogens is 314 g/mol. The van der Waals surface area contributed by atoms with Crippen LogP contribution in [0.4, 0.5) is 5.69 Å². The molecule has 3 rings (SSSR count). The molecule has 3 aromatic rings. The van der Waals surface area contributed by atoms with E-state index >= 15 is 0 Å². The molecule has 0 aliphatic carbocycles. The van der Waals surface area contributed by atoms with Crippen molar-refractivity contribution in [3.8, 4) is 11.5 Å². The highest BCUT2D eigenvalue weighted by Crippen LogP contribution is 2.24. The summed E-state index contributed by atoms with van der Waals surface area (Å²) in [5, 5.41) is 7.18. The molecule has 1 amide bonds. The molecule has 0 bridgehead atoms. The number of aromatic nitrogens is 2. The molecule has 1 heterocycles. The van der Waals surface area contributed by atoms with Gasteiger partial charge in [0.1, 0.15) is 11.5 Å². The zero-order chi connectivity index (χ0) is 18.0. The zero-order valence-corrected chi connectivity index (χ0v) is 14.8. The Hall–Kier alpha value is -3.08. The van der Waals surface area contributed by atoms with Crippen LogP contribution in [-0.2, 0) is 7.05 Å². The number of amides is 1. The smallest absolute Gasteiger partial charge is 0.259 e. The molecule has 0 atom stereocenters. The van der Waals surface area contributed by atoms with E-state index in [2.05, 4.69) is 10.4 Å². The number of anilines is 1. The van der Waals surface area contributed by atoms with Crippen molar-refractivity contribution in [2.45, 2.75) is 20.8 Å². The molecule has 2 aromatic carbocycles. The van der Waals surface area contributed by atoms with E-state index in [1.165, 1.54) is 0 Å². The van der Waals surface area contributed by atoms with Gasteiger partial charge in [-0.05, 0) is 62.7 Å². The Morgan fingerprint density at radius 2 is 1.76 bits per heavy atom. The summed E-state index contributed by atoms with van der Waals surface area (Å²) < 4.78 is 7.53. The van der Waals surface area contributed by atoms with Crippen molar-refractivity contribution in [1.29, 1.82) is 0 Å². The number of ether oxygens (including phenoxy) is 1. The summed E-state index contributed by atoms with van der Waals surface area (Å²) in [4.78, 5) is 12.5. The largest absolute Gasteiger partial charge is 0.457 e. The first kappa shape index (κ1) is 16.8. The predicted molar refractivity (Wildman–Crippen MR) is 98.3 cm³/mol. The van der Waals surface area contributed by atoms with Gasteiger partial charge in [0.25, 0.3) is 5.91 Å². The van der Waals surface area contributed by atoms with E-state index < -0.39 is 0 Å². The number of carbonyl (C=O) groups is 1. The maximum atomic E-state index is 12.5. The van der Waals surface area contributed by atoms with Crippen LogP contribution in [0.25, 0.3) is 0 Å². The highest BCUT2D eigenvalue weighted by atomic mass is 16.5. The van der Waals surface area contributed by atoms with Gasteiger partial charge >= 0.3 is 0 Å². The second-order valence-corrected chi connectivity index (χ2v) is 6.07. The van der Waals surface area contributed by atoms with E-state index in [0.29, 0.717) is 11.3 Å². The third-order valence-corrected chi connectivity index (χ3v) is 4.07. The van der Waals surface area contributed by atoms with Gasteiger partial charge in [0.2, 0.25) is 0 Å². The van der Waals surface area contributed by atoms with Crippen LogP contribution in [-0.4, -0.2) is 15.7 Å². The van der Waals surface area contributed by atoms with Gasteiger partial charge in [-0.25, -0.2) is 0 Å². The molecule has 5 heteroatoms. The summed E-state index contributed by atoms with van der Waals surface area (Å²) in [7, 11) is 1.83. The number of nitrogens with one attached hydrogen (secondary N) is 1. The van der Waals surface area contributed by atoms with E-state index in [4.69, 9.17) is 4.74 Å². The monoisotopic (exact) mass is 335 g/mol. The van der Waals surface area contributed by atoms with Crippen LogP contribution in [0.5, 0.6) is 11.5 Å². The molecule has 5 nitrogen and oxygen atoms in total. The van der Waals surface area contributed by atoms with Gasteiger partial charge in [0, 0.05) is 18.4 Å². The number of carbonyl (C=O) groups excluding carboxylic acids is 1. The average Bonchev–Trinajstić information content (AvgIpc) is 2.82. The van der Waals surface area contributed by atoms with Crippen molar-refractivity contribution < 1.29 is 9.53 Å². The molecule has 1 aromatic heterocycles. The third-order valence-electron chi connectivity index (χ3n) is 4.07. The zero-order valence-electron chi connectivity index (χ0n) is 14.8. The molecule has 128 valence electrons. The maximum absolute atomic E-state index is 12.5. The molecule has 0 aliphatic heterocycles. The van der Waals surface area contributed by atoms with Crippen molar-refractivity contribution in [2.24, 2.45) is 7.05 Å². The van der Waals surface area contributed by atoms with Gasteiger partial charge in [-0.3, -0.25) is 9.48 Å². The Bertz CT molecular complexity index is 911. The lowest BCUT2D eigenvalue weighted by Gasteiger charge is -2.09. The fraction of sp³-hybridized carbons (Fsp3) is 0.200. The summed E-state index contributed by atoms with van der Waals surface area (Å²) in [5.74, 6) is 1.35. The molecule has 0 saturated carbocycles. The van der Waals surface area contributed by atoms with Crippen LogP contribution in [0.15, 0.2) is 48.5 Å². The van der Waals surface area contributed by atoms with E-state index in [1.807, 2.05) is 76.3 Å². The van der Waals surface area contributed by atoms with Crippen molar-refractivity contribution in [3.63, 3.8) is 0 Å². The minimum atomic E-state index is -0.157. The fourth-order valence-corrected chi connectivity index (χ4v) is 2.72. The van der Waals surface area contributed by atoms with Crippen molar-refractivity contribution >= 4 is 11.6 Å². The highest BCUT2D eigenvalue weighted by Gasteiger charge is 2.17. The Balaban J connectivity index is 1.71. The Morgan fingerprint density at radius 1 is 1.04 bits per heavy atom. The molecule has 0 radical (unpaired) electrons. The van der Waals surface area contributed by atoms with Gasteiger partial charge in [-0.1, -0.05) is 12.1 Å². The standard InChI is InChI=1S/C20H21N3O2/c1-13-6-5-7-18(12-13)25-17-10-8-16(9-11-17)21-20(24)19-14(2)22-23(4)15(19)3/h5-12H,1-4H3,(H,21,24). The third kappa shape index (κ3) is 3.71. The average molecular weight is 335 g/mol. The maximum Gasteiger partial charge on any atom is 0.259 e. The number of aryl methyl sites for hydroxylation is 3.